The van der Waals surface area contributed by atoms with Crippen molar-refractivity contribution in [2.24, 2.45) is 0 Å². The van der Waals surface area contributed by atoms with Gasteiger partial charge in [0.05, 0.1) is 5.52 Å². The minimum atomic E-state index is 1.17. The molecule has 0 spiro atoms. The van der Waals surface area contributed by atoms with E-state index in [1.54, 1.807) is 0 Å². The van der Waals surface area contributed by atoms with Crippen molar-refractivity contribution in [1.82, 2.24) is 4.98 Å². The summed E-state index contributed by atoms with van der Waals surface area (Å²) in [6, 6.07) is 48.9. The third kappa shape index (κ3) is 3.03. The van der Waals surface area contributed by atoms with Crippen LogP contribution in [0.4, 0.5) is 0 Å². The zero-order valence-corrected chi connectivity index (χ0v) is 22.4. The van der Waals surface area contributed by atoms with Crippen LogP contribution < -0.4 is 0 Å². The Kier molecular flexibility index (Phi) is 4.55. The Morgan fingerprint density at radius 2 is 1.10 bits per heavy atom. The zero-order chi connectivity index (χ0) is 26.2. The van der Waals surface area contributed by atoms with Crippen molar-refractivity contribution >= 4 is 74.9 Å². The van der Waals surface area contributed by atoms with Crippen molar-refractivity contribution in [2.75, 3.05) is 0 Å². The zero-order valence-electron chi connectivity index (χ0n) is 21.6. The summed E-state index contributed by atoms with van der Waals surface area (Å²) in [6.45, 7) is 0. The summed E-state index contributed by atoms with van der Waals surface area (Å²) >= 11 is 1.88. The number of fused-ring (bicyclic) bond motifs is 9. The van der Waals surface area contributed by atoms with Gasteiger partial charge in [-0.15, -0.1) is 11.3 Å². The van der Waals surface area contributed by atoms with E-state index < -0.39 is 0 Å². The Labute approximate surface area is 234 Å². The minimum Gasteiger partial charge on any atom is -0.354 e. The first kappa shape index (κ1) is 22.0. The van der Waals surface area contributed by atoms with Gasteiger partial charge in [-0.3, -0.25) is 0 Å². The van der Waals surface area contributed by atoms with Gasteiger partial charge in [0, 0.05) is 42.0 Å². The molecule has 0 aliphatic heterocycles. The SMILES string of the molecule is c1ccc2c(c1)ccc1c(-c3ccc4c([nH]c5ccccc54)c3-c3cccc4sc5ccccc5c34)cccc12. The maximum Gasteiger partial charge on any atom is 0.0551 e. The second kappa shape index (κ2) is 8.29. The molecule has 0 saturated heterocycles. The molecule has 0 atom stereocenters. The van der Waals surface area contributed by atoms with Gasteiger partial charge >= 0.3 is 0 Å². The van der Waals surface area contributed by atoms with Crippen molar-refractivity contribution in [3.8, 4) is 22.3 Å². The summed E-state index contributed by atoms with van der Waals surface area (Å²) in [6.07, 6.45) is 0. The minimum absolute atomic E-state index is 1.17. The molecule has 2 heterocycles. The fourth-order valence-electron chi connectivity index (χ4n) is 6.68. The van der Waals surface area contributed by atoms with Crippen molar-refractivity contribution in [3.05, 3.63) is 133 Å². The molecule has 0 amide bonds. The number of rotatable bonds is 2. The highest BCUT2D eigenvalue weighted by atomic mass is 32.1. The number of aromatic amines is 1. The third-order valence-electron chi connectivity index (χ3n) is 8.43. The van der Waals surface area contributed by atoms with E-state index in [1.165, 1.54) is 85.8 Å². The topological polar surface area (TPSA) is 15.8 Å². The van der Waals surface area contributed by atoms with Crippen LogP contribution in [0.25, 0.3) is 85.8 Å². The number of thiophene rings is 1. The Bertz CT molecular complexity index is 2440. The number of nitrogens with one attached hydrogen (secondary N) is 1. The molecule has 186 valence electrons. The van der Waals surface area contributed by atoms with Gasteiger partial charge in [-0.1, -0.05) is 115 Å². The van der Waals surface area contributed by atoms with E-state index in [9.17, 15) is 0 Å². The number of para-hydroxylation sites is 1. The van der Waals surface area contributed by atoms with Crippen molar-refractivity contribution in [2.45, 2.75) is 0 Å². The van der Waals surface area contributed by atoms with Crippen LogP contribution in [0.3, 0.4) is 0 Å². The van der Waals surface area contributed by atoms with Crippen LogP contribution in [0.1, 0.15) is 0 Å². The lowest BCUT2D eigenvalue weighted by Gasteiger charge is -2.16. The number of H-pyrrole nitrogens is 1. The second-order valence-electron chi connectivity index (χ2n) is 10.5. The maximum absolute atomic E-state index is 3.84. The molecule has 0 bridgehead atoms. The third-order valence-corrected chi connectivity index (χ3v) is 9.57. The lowest BCUT2D eigenvalue weighted by molar-refractivity contribution is 1.54. The first-order valence-corrected chi connectivity index (χ1v) is 14.5. The molecule has 0 aliphatic carbocycles. The maximum atomic E-state index is 3.84. The molecular formula is C38H23NS. The van der Waals surface area contributed by atoms with Crippen molar-refractivity contribution in [3.63, 3.8) is 0 Å². The van der Waals surface area contributed by atoms with Gasteiger partial charge in [-0.05, 0) is 56.4 Å². The summed E-state index contributed by atoms with van der Waals surface area (Å²) in [4.78, 5) is 3.84. The van der Waals surface area contributed by atoms with E-state index in [2.05, 4.69) is 138 Å². The molecule has 0 radical (unpaired) electrons. The van der Waals surface area contributed by atoms with Gasteiger partial charge in [-0.2, -0.15) is 0 Å². The van der Waals surface area contributed by atoms with E-state index in [1.807, 2.05) is 11.3 Å². The number of benzene rings is 7. The molecule has 0 saturated carbocycles. The molecule has 0 fully saturated rings. The normalized spacial score (nSPS) is 12.0. The fourth-order valence-corrected chi connectivity index (χ4v) is 7.81. The Balaban J connectivity index is 1.47. The largest absolute Gasteiger partial charge is 0.354 e. The lowest BCUT2D eigenvalue weighted by Crippen LogP contribution is -1.90. The van der Waals surface area contributed by atoms with E-state index in [0.717, 1.165) is 0 Å². The molecule has 0 aliphatic rings. The monoisotopic (exact) mass is 525 g/mol. The molecule has 7 aromatic carbocycles. The van der Waals surface area contributed by atoms with E-state index in [4.69, 9.17) is 0 Å². The Morgan fingerprint density at radius 1 is 0.400 bits per heavy atom. The number of hydrogen-bond donors (Lipinski definition) is 1. The van der Waals surface area contributed by atoms with Crippen LogP contribution in [0, 0.1) is 0 Å². The highest BCUT2D eigenvalue weighted by Crippen LogP contribution is 2.47. The van der Waals surface area contributed by atoms with Crippen LogP contribution in [0.5, 0.6) is 0 Å². The summed E-state index contributed by atoms with van der Waals surface area (Å²) < 4.78 is 2.65. The number of aromatic nitrogens is 1. The average molecular weight is 526 g/mol. The van der Waals surface area contributed by atoms with E-state index in [0.29, 0.717) is 0 Å². The van der Waals surface area contributed by atoms with Gasteiger partial charge in [0.25, 0.3) is 0 Å². The standard InChI is InChI=1S/C38H23NS/c1-2-10-24-23(9-1)19-20-27-25(24)13-7-14-26(27)29-21-22-30-28-11-3-5-16-33(28)39-38(30)37(29)32-15-8-18-35-36(32)31-12-4-6-17-34(31)40-35/h1-22,39H. The van der Waals surface area contributed by atoms with Crippen LogP contribution in [0.15, 0.2) is 133 Å². The molecule has 9 aromatic rings. The molecule has 1 N–H and O–H groups in total. The second-order valence-corrected chi connectivity index (χ2v) is 11.6. The average Bonchev–Trinajstić information content (AvgIpc) is 3.59. The lowest BCUT2D eigenvalue weighted by atomic mass is 9.87. The van der Waals surface area contributed by atoms with Crippen molar-refractivity contribution in [1.29, 1.82) is 0 Å². The first-order chi connectivity index (χ1) is 19.8. The van der Waals surface area contributed by atoms with Gasteiger partial charge in [-0.25, -0.2) is 0 Å². The molecule has 40 heavy (non-hydrogen) atoms. The summed E-state index contributed by atoms with van der Waals surface area (Å²) in [5.74, 6) is 0. The highest BCUT2D eigenvalue weighted by molar-refractivity contribution is 7.25. The van der Waals surface area contributed by atoms with Crippen molar-refractivity contribution < 1.29 is 0 Å². The predicted octanol–water partition coefficient (Wildman–Crippen LogP) is 11.3. The van der Waals surface area contributed by atoms with Crippen LogP contribution in [-0.2, 0) is 0 Å². The quantitative estimate of drug-likeness (QED) is 0.216. The molecule has 0 unspecified atom stereocenters. The van der Waals surface area contributed by atoms with E-state index >= 15 is 0 Å². The fraction of sp³-hybridized carbons (Fsp3) is 0. The van der Waals surface area contributed by atoms with Gasteiger partial charge in [0.15, 0.2) is 0 Å². The summed E-state index contributed by atoms with van der Waals surface area (Å²) in [5, 5.41) is 10.3. The van der Waals surface area contributed by atoms with Crippen LogP contribution >= 0.6 is 11.3 Å². The van der Waals surface area contributed by atoms with Gasteiger partial charge < -0.3 is 4.98 Å². The molecule has 2 heteroatoms. The Morgan fingerprint density at radius 3 is 2.05 bits per heavy atom. The van der Waals surface area contributed by atoms with Gasteiger partial charge in [0.2, 0.25) is 0 Å². The van der Waals surface area contributed by atoms with Crippen LogP contribution in [-0.4, -0.2) is 4.98 Å². The smallest absolute Gasteiger partial charge is 0.0551 e. The highest BCUT2D eigenvalue weighted by Gasteiger charge is 2.20. The molecule has 1 nitrogen and oxygen atoms in total. The molecule has 2 aromatic heterocycles. The molecular weight excluding hydrogens is 502 g/mol. The van der Waals surface area contributed by atoms with E-state index in [-0.39, 0.29) is 0 Å². The summed E-state index contributed by atoms with van der Waals surface area (Å²) in [7, 11) is 0. The van der Waals surface area contributed by atoms with Gasteiger partial charge in [0.1, 0.15) is 0 Å². The summed E-state index contributed by atoms with van der Waals surface area (Å²) in [5.41, 5.74) is 7.42. The molecule has 9 rings (SSSR count). The first-order valence-electron chi connectivity index (χ1n) is 13.7. The van der Waals surface area contributed by atoms with Crippen LogP contribution in [0.2, 0.25) is 0 Å². The number of hydrogen-bond acceptors (Lipinski definition) is 1. The Hall–Kier alpha value is -4.92. The predicted molar refractivity (Wildman–Crippen MR) is 175 cm³/mol.